The molecule has 0 aromatic heterocycles. The first-order valence-corrected chi connectivity index (χ1v) is 8.54. The molecule has 17 heavy (non-hydrogen) atoms. The molecular weight excluding hydrogens is 272 g/mol. The summed E-state index contributed by atoms with van der Waals surface area (Å²) in [5, 5.41) is 0. The van der Waals surface area contributed by atoms with Crippen molar-refractivity contribution in [3.8, 4) is 0 Å². The standard InChI is InChI=1S/C16H33Br/c1-5-6-7-8-9-10-11-12-13-14-15(17)16(2,3)4/h15H,5-14H2,1-4H3. The van der Waals surface area contributed by atoms with E-state index in [0.29, 0.717) is 10.2 Å². The summed E-state index contributed by atoms with van der Waals surface area (Å²) in [6, 6.07) is 0. The topological polar surface area (TPSA) is 0 Å². The highest BCUT2D eigenvalue weighted by molar-refractivity contribution is 9.09. The zero-order valence-electron chi connectivity index (χ0n) is 12.5. The van der Waals surface area contributed by atoms with Crippen LogP contribution in [0.5, 0.6) is 0 Å². The van der Waals surface area contributed by atoms with Gasteiger partial charge >= 0.3 is 0 Å². The van der Waals surface area contributed by atoms with Crippen LogP contribution in [0.1, 0.15) is 91.9 Å². The van der Waals surface area contributed by atoms with Crippen molar-refractivity contribution in [3.63, 3.8) is 0 Å². The number of alkyl halides is 1. The smallest absolute Gasteiger partial charge is 0.0194 e. The van der Waals surface area contributed by atoms with E-state index in [4.69, 9.17) is 0 Å². The molecule has 0 N–H and O–H groups in total. The van der Waals surface area contributed by atoms with Crippen molar-refractivity contribution < 1.29 is 0 Å². The molecule has 0 amide bonds. The Balaban J connectivity index is 3.19. The van der Waals surface area contributed by atoms with Gasteiger partial charge in [-0.25, -0.2) is 0 Å². The maximum absolute atomic E-state index is 3.81. The van der Waals surface area contributed by atoms with E-state index < -0.39 is 0 Å². The minimum Gasteiger partial charge on any atom is -0.0885 e. The minimum atomic E-state index is 0.417. The Morgan fingerprint density at radius 3 is 1.59 bits per heavy atom. The first-order chi connectivity index (χ1) is 7.98. The molecule has 0 aromatic rings. The first-order valence-electron chi connectivity index (χ1n) is 7.62. The van der Waals surface area contributed by atoms with Crippen LogP contribution in [0.25, 0.3) is 0 Å². The molecule has 0 radical (unpaired) electrons. The fourth-order valence-corrected chi connectivity index (χ4v) is 2.39. The first kappa shape index (κ1) is 17.5. The van der Waals surface area contributed by atoms with Gasteiger partial charge in [-0.15, -0.1) is 0 Å². The van der Waals surface area contributed by atoms with Gasteiger partial charge in [-0.3, -0.25) is 0 Å². The molecule has 1 unspecified atom stereocenters. The van der Waals surface area contributed by atoms with Crippen molar-refractivity contribution in [2.24, 2.45) is 5.41 Å². The van der Waals surface area contributed by atoms with E-state index in [9.17, 15) is 0 Å². The number of halogens is 1. The summed E-state index contributed by atoms with van der Waals surface area (Å²) in [4.78, 5) is 0.680. The normalized spacial score (nSPS) is 13.9. The second-order valence-corrected chi connectivity index (χ2v) is 7.56. The average molecular weight is 305 g/mol. The van der Waals surface area contributed by atoms with E-state index in [-0.39, 0.29) is 0 Å². The SMILES string of the molecule is CCCCCCCCCCCC(Br)C(C)(C)C. The lowest BCUT2D eigenvalue weighted by Crippen LogP contribution is -2.19. The Bertz CT molecular complexity index is 157. The van der Waals surface area contributed by atoms with Gasteiger partial charge in [-0.2, -0.15) is 0 Å². The van der Waals surface area contributed by atoms with Crippen LogP contribution in [0.4, 0.5) is 0 Å². The molecule has 0 saturated carbocycles. The Labute approximate surface area is 118 Å². The third kappa shape index (κ3) is 11.3. The highest BCUT2D eigenvalue weighted by atomic mass is 79.9. The van der Waals surface area contributed by atoms with E-state index in [0.717, 1.165) is 0 Å². The molecule has 0 aliphatic rings. The summed E-state index contributed by atoms with van der Waals surface area (Å²) < 4.78 is 0. The summed E-state index contributed by atoms with van der Waals surface area (Å²) in [6.07, 6.45) is 14.2. The van der Waals surface area contributed by atoms with Crippen molar-refractivity contribution in [3.05, 3.63) is 0 Å². The number of hydrogen-bond donors (Lipinski definition) is 0. The molecule has 1 atom stereocenters. The Morgan fingerprint density at radius 2 is 1.18 bits per heavy atom. The Kier molecular flexibility index (Phi) is 10.7. The Morgan fingerprint density at radius 1 is 0.765 bits per heavy atom. The van der Waals surface area contributed by atoms with Gasteiger partial charge in [-0.1, -0.05) is 101 Å². The quantitative estimate of drug-likeness (QED) is 0.310. The van der Waals surface area contributed by atoms with Crippen molar-refractivity contribution in [1.82, 2.24) is 0 Å². The van der Waals surface area contributed by atoms with Gasteiger partial charge < -0.3 is 0 Å². The van der Waals surface area contributed by atoms with Crippen LogP contribution in [-0.4, -0.2) is 4.83 Å². The lowest BCUT2D eigenvalue weighted by molar-refractivity contribution is 0.376. The lowest BCUT2D eigenvalue weighted by atomic mass is 9.89. The maximum Gasteiger partial charge on any atom is 0.0194 e. The highest BCUT2D eigenvalue weighted by Gasteiger charge is 2.20. The number of rotatable bonds is 10. The fourth-order valence-electron chi connectivity index (χ4n) is 2.07. The second kappa shape index (κ2) is 10.4. The van der Waals surface area contributed by atoms with Crippen molar-refractivity contribution in [2.75, 3.05) is 0 Å². The van der Waals surface area contributed by atoms with Gasteiger partial charge in [0.2, 0.25) is 0 Å². The molecule has 0 aliphatic carbocycles. The summed E-state index contributed by atoms with van der Waals surface area (Å²) >= 11 is 3.81. The molecule has 0 rings (SSSR count). The van der Waals surface area contributed by atoms with E-state index >= 15 is 0 Å². The van der Waals surface area contributed by atoms with E-state index in [1.807, 2.05) is 0 Å². The predicted octanol–water partition coefficient (Wildman–Crippen LogP) is 6.72. The van der Waals surface area contributed by atoms with Crippen LogP contribution in [-0.2, 0) is 0 Å². The van der Waals surface area contributed by atoms with E-state index in [1.165, 1.54) is 64.2 Å². The maximum atomic E-state index is 3.81. The van der Waals surface area contributed by atoms with Crippen LogP contribution in [0.2, 0.25) is 0 Å². The van der Waals surface area contributed by atoms with Gasteiger partial charge in [0.25, 0.3) is 0 Å². The molecule has 0 fully saturated rings. The van der Waals surface area contributed by atoms with Crippen LogP contribution in [0, 0.1) is 5.41 Å². The van der Waals surface area contributed by atoms with Crippen molar-refractivity contribution in [1.29, 1.82) is 0 Å². The molecule has 0 saturated heterocycles. The molecule has 0 heterocycles. The fraction of sp³-hybridized carbons (Fsp3) is 1.00. The zero-order valence-corrected chi connectivity index (χ0v) is 14.1. The van der Waals surface area contributed by atoms with Gasteiger partial charge in [-0.05, 0) is 11.8 Å². The van der Waals surface area contributed by atoms with Crippen molar-refractivity contribution >= 4 is 15.9 Å². The van der Waals surface area contributed by atoms with Gasteiger partial charge in [0.15, 0.2) is 0 Å². The lowest BCUT2D eigenvalue weighted by Gasteiger charge is -2.25. The average Bonchev–Trinajstić information content (AvgIpc) is 2.25. The largest absolute Gasteiger partial charge is 0.0885 e. The van der Waals surface area contributed by atoms with Crippen LogP contribution in [0.3, 0.4) is 0 Å². The van der Waals surface area contributed by atoms with E-state index in [1.54, 1.807) is 0 Å². The van der Waals surface area contributed by atoms with Gasteiger partial charge in [0.05, 0.1) is 0 Å². The number of hydrogen-bond acceptors (Lipinski definition) is 0. The summed E-state index contributed by atoms with van der Waals surface area (Å²) in [5.74, 6) is 0. The van der Waals surface area contributed by atoms with Crippen LogP contribution < -0.4 is 0 Å². The molecule has 104 valence electrons. The van der Waals surface area contributed by atoms with Crippen molar-refractivity contribution in [2.45, 2.75) is 96.7 Å². The highest BCUT2D eigenvalue weighted by Crippen LogP contribution is 2.30. The van der Waals surface area contributed by atoms with Crippen LogP contribution >= 0.6 is 15.9 Å². The molecule has 0 aliphatic heterocycles. The second-order valence-electron chi connectivity index (χ2n) is 6.45. The molecular formula is C16H33Br. The van der Waals surface area contributed by atoms with Crippen LogP contribution in [0.15, 0.2) is 0 Å². The summed E-state index contributed by atoms with van der Waals surface area (Å²) in [5.41, 5.74) is 0.417. The molecule has 1 heteroatoms. The minimum absolute atomic E-state index is 0.417. The number of unbranched alkanes of at least 4 members (excludes halogenated alkanes) is 8. The summed E-state index contributed by atoms with van der Waals surface area (Å²) in [7, 11) is 0. The predicted molar refractivity (Wildman–Crippen MR) is 84.0 cm³/mol. The molecule has 0 spiro atoms. The monoisotopic (exact) mass is 304 g/mol. The molecule has 0 nitrogen and oxygen atoms in total. The zero-order chi connectivity index (χ0) is 13.1. The molecule has 0 aromatic carbocycles. The van der Waals surface area contributed by atoms with Gasteiger partial charge in [0.1, 0.15) is 0 Å². The third-order valence-corrected chi connectivity index (χ3v) is 5.33. The van der Waals surface area contributed by atoms with Gasteiger partial charge in [0, 0.05) is 4.83 Å². The van der Waals surface area contributed by atoms with E-state index in [2.05, 4.69) is 43.6 Å². The summed E-state index contributed by atoms with van der Waals surface area (Å²) in [6.45, 7) is 9.24. The third-order valence-electron chi connectivity index (χ3n) is 3.50. The Hall–Kier alpha value is 0.480. The molecule has 0 bridgehead atoms.